The third-order valence-corrected chi connectivity index (χ3v) is 2.44. The Kier molecular flexibility index (Phi) is 3.60. The summed E-state index contributed by atoms with van der Waals surface area (Å²) in [5, 5.41) is 0. The number of esters is 1. The molecule has 17 heavy (non-hydrogen) atoms. The van der Waals surface area contributed by atoms with Gasteiger partial charge < -0.3 is 9.30 Å². The van der Waals surface area contributed by atoms with E-state index >= 15 is 0 Å². The molecule has 0 aliphatic carbocycles. The van der Waals surface area contributed by atoms with Crippen molar-refractivity contribution in [1.29, 1.82) is 0 Å². The lowest BCUT2D eigenvalue weighted by molar-refractivity contribution is 0.0505. The van der Waals surface area contributed by atoms with Gasteiger partial charge in [0.15, 0.2) is 0 Å². The van der Waals surface area contributed by atoms with Gasteiger partial charge in [-0.2, -0.15) is 0 Å². The third kappa shape index (κ3) is 2.75. The van der Waals surface area contributed by atoms with Crippen molar-refractivity contribution in [3.8, 4) is 5.69 Å². The van der Waals surface area contributed by atoms with Gasteiger partial charge in [0.05, 0.1) is 12.2 Å². The maximum Gasteiger partial charge on any atom is 0.338 e. The summed E-state index contributed by atoms with van der Waals surface area (Å²) in [6, 6.07) is 11.3. The van der Waals surface area contributed by atoms with E-state index in [1.165, 1.54) is 0 Å². The van der Waals surface area contributed by atoms with Gasteiger partial charge in [0.25, 0.3) is 0 Å². The molecule has 0 N–H and O–H groups in total. The normalized spacial score (nSPS) is 10.2. The molecular weight excluding hydrogens is 214 g/mol. The fraction of sp³-hybridized carbons (Fsp3) is 0.214. The van der Waals surface area contributed by atoms with Crippen molar-refractivity contribution in [2.45, 2.75) is 13.3 Å². The summed E-state index contributed by atoms with van der Waals surface area (Å²) in [5.74, 6) is -0.258. The van der Waals surface area contributed by atoms with Crippen LogP contribution >= 0.6 is 0 Å². The van der Waals surface area contributed by atoms with E-state index in [1.807, 2.05) is 48.1 Å². The van der Waals surface area contributed by atoms with E-state index in [0.29, 0.717) is 12.2 Å². The fourth-order valence-corrected chi connectivity index (χ4v) is 1.55. The van der Waals surface area contributed by atoms with Crippen LogP contribution in [0.2, 0.25) is 0 Å². The van der Waals surface area contributed by atoms with Crippen molar-refractivity contribution < 1.29 is 9.53 Å². The summed E-state index contributed by atoms with van der Waals surface area (Å²) in [4.78, 5) is 11.6. The fourth-order valence-electron chi connectivity index (χ4n) is 1.55. The molecule has 0 unspecified atom stereocenters. The second kappa shape index (κ2) is 5.34. The van der Waals surface area contributed by atoms with E-state index in [-0.39, 0.29) is 5.97 Å². The molecule has 0 aliphatic rings. The lowest BCUT2D eigenvalue weighted by Gasteiger charge is -2.05. The first-order valence-corrected chi connectivity index (χ1v) is 5.72. The molecule has 3 heteroatoms. The number of carbonyl (C=O) groups is 1. The topological polar surface area (TPSA) is 31.2 Å². The maximum absolute atomic E-state index is 11.6. The van der Waals surface area contributed by atoms with Gasteiger partial charge in [0, 0.05) is 18.1 Å². The van der Waals surface area contributed by atoms with E-state index in [9.17, 15) is 4.79 Å². The minimum atomic E-state index is -0.258. The summed E-state index contributed by atoms with van der Waals surface area (Å²) >= 11 is 0. The van der Waals surface area contributed by atoms with Crippen molar-refractivity contribution in [1.82, 2.24) is 4.57 Å². The van der Waals surface area contributed by atoms with E-state index < -0.39 is 0 Å². The van der Waals surface area contributed by atoms with Crippen LogP contribution < -0.4 is 0 Å². The Labute approximate surface area is 101 Å². The molecule has 2 rings (SSSR count). The van der Waals surface area contributed by atoms with Crippen LogP contribution in [-0.2, 0) is 4.74 Å². The smallest absolute Gasteiger partial charge is 0.338 e. The largest absolute Gasteiger partial charge is 0.462 e. The first kappa shape index (κ1) is 11.5. The summed E-state index contributed by atoms with van der Waals surface area (Å²) in [7, 11) is 0. The second-order valence-corrected chi connectivity index (χ2v) is 3.77. The average Bonchev–Trinajstić information content (AvgIpc) is 2.90. The first-order chi connectivity index (χ1) is 8.31. The quantitative estimate of drug-likeness (QED) is 0.754. The van der Waals surface area contributed by atoms with Crippen LogP contribution in [0.15, 0.2) is 48.8 Å². The van der Waals surface area contributed by atoms with Gasteiger partial charge >= 0.3 is 5.97 Å². The van der Waals surface area contributed by atoms with E-state index in [0.717, 1.165) is 12.1 Å². The van der Waals surface area contributed by atoms with Crippen LogP contribution in [0.25, 0.3) is 5.69 Å². The van der Waals surface area contributed by atoms with Gasteiger partial charge in [-0.05, 0) is 42.8 Å². The molecule has 1 aromatic heterocycles. The number of carbonyl (C=O) groups excluding carboxylic acids is 1. The summed E-state index contributed by atoms with van der Waals surface area (Å²) < 4.78 is 7.05. The minimum absolute atomic E-state index is 0.258. The highest BCUT2D eigenvalue weighted by molar-refractivity contribution is 5.89. The Bertz CT molecular complexity index is 471. The number of benzene rings is 1. The maximum atomic E-state index is 11.6. The van der Waals surface area contributed by atoms with Crippen LogP contribution in [0.1, 0.15) is 23.7 Å². The predicted octanol–water partition coefficient (Wildman–Crippen LogP) is 3.04. The SMILES string of the molecule is CCCOC(=O)c1ccc(-n2cccc2)cc1. The Hall–Kier alpha value is -2.03. The summed E-state index contributed by atoms with van der Waals surface area (Å²) in [6.45, 7) is 2.45. The van der Waals surface area contributed by atoms with Gasteiger partial charge in [-0.25, -0.2) is 4.79 Å². The molecule has 0 amide bonds. The van der Waals surface area contributed by atoms with Crippen LogP contribution in [0.3, 0.4) is 0 Å². The van der Waals surface area contributed by atoms with Gasteiger partial charge in [-0.1, -0.05) is 6.92 Å². The van der Waals surface area contributed by atoms with E-state index in [1.54, 1.807) is 12.1 Å². The second-order valence-electron chi connectivity index (χ2n) is 3.77. The van der Waals surface area contributed by atoms with Crippen molar-refractivity contribution in [2.24, 2.45) is 0 Å². The van der Waals surface area contributed by atoms with Crippen LogP contribution in [0.5, 0.6) is 0 Å². The highest BCUT2D eigenvalue weighted by Gasteiger charge is 2.06. The molecule has 0 fully saturated rings. The molecule has 0 saturated heterocycles. The highest BCUT2D eigenvalue weighted by atomic mass is 16.5. The minimum Gasteiger partial charge on any atom is -0.462 e. The Balaban J connectivity index is 2.10. The van der Waals surface area contributed by atoms with Gasteiger partial charge in [0.2, 0.25) is 0 Å². The third-order valence-electron chi connectivity index (χ3n) is 2.44. The number of nitrogens with zero attached hydrogens (tertiary/aromatic N) is 1. The number of hydrogen-bond donors (Lipinski definition) is 0. The number of hydrogen-bond acceptors (Lipinski definition) is 2. The molecule has 1 heterocycles. The standard InChI is InChI=1S/C14H15NO2/c1-2-11-17-14(16)12-5-7-13(8-6-12)15-9-3-4-10-15/h3-10H,2,11H2,1H3. The first-order valence-electron chi connectivity index (χ1n) is 5.72. The van der Waals surface area contributed by atoms with Crippen molar-refractivity contribution in [2.75, 3.05) is 6.61 Å². The van der Waals surface area contributed by atoms with Crippen LogP contribution in [0.4, 0.5) is 0 Å². The number of aromatic nitrogens is 1. The average molecular weight is 229 g/mol. The Morgan fingerprint density at radius 2 is 1.82 bits per heavy atom. The zero-order chi connectivity index (χ0) is 12.1. The van der Waals surface area contributed by atoms with E-state index in [4.69, 9.17) is 4.74 Å². The molecule has 0 atom stereocenters. The van der Waals surface area contributed by atoms with Gasteiger partial charge in [-0.3, -0.25) is 0 Å². The molecule has 0 saturated carbocycles. The van der Waals surface area contributed by atoms with Crippen molar-refractivity contribution >= 4 is 5.97 Å². The van der Waals surface area contributed by atoms with Crippen molar-refractivity contribution in [3.63, 3.8) is 0 Å². The molecule has 0 bridgehead atoms. The highest BCUT2D eigenvalue weighted by Crippen LogP contribution is 2.10. The molecule has 2 aromatic rings. The Morgan fingerprint density at radius 1 is 1.18 bits per heavy atom. The van der Waals surface area contributed by atoms with Crippen molar-refractivity contribution in [3.05, 3.63) is 54.4 Å². The lowest BCUT2D eigenvalue weighted by Crippen LogP contribution is -2.05. The molecule has 1 aromatic carbocycles. The van der Waals surface area contributed by atoms with Gasteiger partial charge in [0.1, 0.15) is 0 Å². The molecular formula is C14H15NO2. The van der Waals surface area contributed by atoms with Gasteiger partial charge in [-0.15, -0.1) is 0 Å². The number of ether oxygens (including phenoxy) is 1. The molecule has 0 spiro atoms. The zero-order valence-electron chi connectivity index (χ0n) is 9.80. The summed E-state index contributed by atoms with van der Waals surface area (Å²) in [5.41, 5.74) is 1.62. The zero-order valence-corrected chi connectivity index (χ0v) is 9.80. The molecule has 0 aliphatic heterocycles. The molecule has 88 valence electrons. The summed E-state index contributed by atoms with van der Waals surface area (Å²) in [6.07, 6.45) is 4.77. The van der Waals surface area contributed by atoms with Crippen LogP contribution in [-0.4, -0.2) is 17.1 Å². The van der Waals surface area contributed by atoms with Crippen LogP contribution in [0, 0.1) is 0 Å². The number of rotatable bonds is 4. The predicted molar refractivity (Wildman–Crippen MR) is 66.3 cm³/mol. The molecule has 0 radical (unpaired) electrons. The lowest BCUT2D eigenvalue weighted by atomic mass is 10.2. The Morgan fingerprint density at radius 3 is 2.41 bits per heavy atom. The van der Waals surface area contributed by atoms with E-state index in [2.05, 4.69) is 0 Å². The monoisotopic (exact) mass is 229 g/mol. The molecule has 3 nitrogen and oxygen atoms in total.